The Balaban J connectivity index is 1.73. The molecule has 22 heavy (non-hydrogen) atoms. The topological polar surface area (TPSA) is 56.1 Å². The van der Waals surface area contributed by atoms with Crippen LogP contribution in [0.25, 0.3) is 5.69 Å². The predicted molar refractivity (Wildman–Crippen MR) is 84.1 cm³/mol. The van der Waals surface area contributed by atoms with E-state index in [-0.39, 0.29) is 18.1 Å². The van der Waals surface area contributed by atoms with E-state index in [1.54, 1.807) is 19.6 Å². The van der Waals surface area contributed by atoms with Gasteiger partial charge in [-0.1, -0.05) is 18.9 Å². The fourth-order valence-corrected chi connectivity index (χ4v) is 3.02. The van der Waals surface area contributed by atoms with E-state index in [2.05, 4.69) is 10.3 Å². The van der Waals surface area contributed by atoms with Gasteiger partial charge in [0, 0.05) is 30.8 Å². The molecule has 1 heterocycles. The first kappa shape index (κ1) is 14.8. The molecule has 0 bridgehead atoms. The van der Waals surface area contributed by atoms with Gasteiger partial charge in [0.15, 0.2) is 0 Å². The van der Waals surface area contributed by atoms with E-state index in [4.69, 9.17) is 4.74 Å². The van der Waals surface area contributed by atoms with Crippen molar-refractivity contribution in [2.24, 2.45) is 0 Å². The lowest BCUT2D eigenvalue weighted by Gasteiger charge is -2.31. The molecule has 116 valence electrons. The van der Waals surface area contributed by atoms with Crippen molar-refractivity contribution in [1.29, 1.82) is 0 Å². The summed E-state index contributed by atoms with van der Waals surface area (Å²) >= 11 is 0. The molecule has 2 atom stereocenters. The maximum Gasteiger partial charge on any atom is 0.251 e. The quantitative estimate of drug-likeness (QED) is 0.944. The van der Waals surface area contributed by atoms with Gasteiger partial charge in [0.1, 0.15) is 0 Å². The molecule has 2 unspecified atom stereocenters. The molecule has 5 nitrogen and oxygen atoms in total. The van der Waals surface area contributed by atoms with E-state index in [1.807, 2.05) is 35.0 Å². The monoisotopic (exact) mass is 299 g/mol. The number of benzene rings is 1. The molecule has 0 spiro atoms. The number of hydrogen-bond acceptors (Lipinski definition) is 3. The molecule has 1 N–H and O–H groups in total. The lowest BCUT2D eigenvalue weighted by molar-refractivity contribution is 0.0392. The van der Waals surface area contributed by atoms with Crippen LogP contribution in [0.15, 0.2) is 43.0 Å². The van der Waals surface area contributed by atoms with E-state index in [1.165, 1.54) is 6.42 Å². The molecule has 5 heteroatoms. The first-order valence-electron chi connectivity index (χ1n) is 7.70. The number of amides is 1. The molecular weight excluding hydrogens is 278 g/mol. The van der Waals surface area contributed by atoms with Gasteiger partial charge in [0.05, 0.1) is 18.5 Å². The average molecular weight is 299 g/mol. The van der Waals surface area contributed by atoms with Gasteiger partial charge < -0.3 is 14.6 Å². The zero-order valence-electron chi connectivity index (χ0n) is 12.7. The van der Waals surface area contributed by atoms with Crippen molar-refractivity contribution in [1.82, 2.24) is 14.9 Å². The summed E-state index contributed by atoms with van der Waals surface area (Å²) in [7, 11) is 1.72. The van der Waals surface area contributed by atoms with Gasteiger partial charge in [0.25, 0.3) is 5.91 Å². The number of nitrogens with one attached hydrogen (secondary N) is 1. The van der Waals surface area contributed by atoms with E-state index in [0.29, 0.717) is 5.56 Å². The number of hydrogen-bond donors (Lipinski definition) is 1. The number of carbonyl (C=O) groups excluding carboxylic acids is 1. The third kappa shape index (κ3) is 3.20. The lowest BCUT2D eigenvalue weighted by atomic mass is 9.92. The highest BCUT2D eigenvalue weighted by molar-refractivity contribution is 5.95. The summed E-state index contributed by atoms with van der Waals surface area (Å²) < 4.78 is 7.38. The maximum absolute atomic E-state index is 12.5. The second-order valence-electron chi connectivity index (χ2n) is 5.66. The molecule has 0 saturated heterocycles. The summed E-state index contributed by atoms with van der Waals surface area (Å²) in [6.07, 6.45) is 9.72. The van der Waals surface area contributed by atoms with E-state index in [9.17, 15) is 4.79 Å². The number of imidazole rings is 1. The molecule has 1 fully saturated rings. The number of ether oxygens (including phenoxy) is 1. The Kier molecular flexibility index (Phi) is 4.53. The van der Waals surface area contributed by atoms with Crippen molar-refractivity contribution < 1.29 is 9.53 Å². The van der Waals surface area contributed by atoms with Crippen LogP contribution in [0.2, 0.25) is 0 Å². The Morgan fingerprint density at radius 3 is 3.00 bits per heavy atom. The molecule has 1 aliphatic carbocycles. The van der Waals surface area contributed by atoms with Gasteiger partial charge in [-0.15, -0.1) is 0 Å². The SMILES string of the molecule is COC1CCCCC1NC(=O)c1cccc(-n2ccnc2)c1. The number of methoxy groups -OCH3 is 1. The number of nitrogens with zero attached hydrogens (tertiary/aromatic N) is 2. The minimum absolute atomic E-state index is 0.0454. The Bertz CT molecular complexity index is 625. The van der Waals surface area contributed by atoms with Crippen LogP contribution in [0, 0.1) is 0 Å². The minimum Gasteiger partial charge on any atom is -0.379 e. The van der Waals surface area contributed by atoms with Crippen molar-refractivity contribution >= 4 is 5.91 Å². The molecule has 1 amide bonds. The largest absolute Gasteiger partial charge is 0.379 e. The molecule has 1 aliphatic rings. The van der Waals surface area contributed by atoms with Crippen molar-refractivity contribution in [3.8, 4) is 5.69 Å². The van der Waals surface area contributed by atoms with Crippen LogP contribution < -0.4 is 5.32 Å². The number of carbonyl (C=O) groups is 1. The van der Waals surface area contributed by atoms with E-state index in [0.717, 1.165) is 24.9 Å². The minimum atomic E-state index is -0.0454. The summed E-state index contributed by atoms with van der Waals surface area (Å²) in [5, 5.41) is 3.12. The standard InChI is InChI=1S/C17H21N3O2/c1-22-16-8-3-2-7-15(16)19-17(21)13-5-4-6-14(11-13)20-10-9-18-12-20/h4-6,9-12,15-16H,2-3,7-8H2,1H3,(H,19,21). The van der Waals surface area contributed by atoms with Crippen molar-refractivity contribution in [3.63, 3.8) is 0 Å². The molecule has 3 rings (SSSR count). The number of rotatable bonds is 4. The smallest absolute Gasteiger partial charge is 0.251 e. The predicted octanol–water partition coefficient (Wildman–Crippen LogP) is 2.56. The Morgan fingerprint density at radius 1 is 1.36 bits per heavy atom. The second kappa shape index (κ2) is 6.75. The van der Waals surface area contributed by atoms with Crippen LogP contribution in [0.5, 0.6) is 0 Å². The summed E-state index contributed by atoms with van der Waals surface area (Å²) in [4.78, 5) is 16.5. The first-order chi connectivity index (χ1) is 10.8. The molecule has 1 aromatic heterocycles. The highest BCUT2D eigenvalue weighted by Crippen LogP contribution is 2.21. The van der Waals surface area contributed by atoms with E-state index >= 15 is 0 Å². The fraction of sp³-hybridized carbons (Fsp3) is 0.412. The zero-order valence-corrected chi connectivity index (χ0v) is 12.7. The van der Waals surface area contributed by atoms with Crippen LogP contribution in [0.4, 0.5) is 0 Å². The third-order valence-corrected chi connectivity index (χ3v) is 4.23. The number of aromatic nitrogens is 2. The van der Waals surface area contributed by atoms with Gasteiger partial charge >= 0.3 is 0 Å². The van der Waals surface area contributed by atoms with Gasteiger partial charge in [-0.25, -0.2) is 4.98 Å². The first-order valence-corrected chi connectivity index (χ1v) is 7.70. The Hall–Kier alpha value is -2.14. The van der Waals surface area contributed by atoms with Gasteiger partial charge in [-0.3, -0.25) is 4.79 Å². The highest BCUT2D eigenvalue weighted by Gasteiger charge is 2.26. The summed E-state index contributed by atoms with van der Waals surface area (Å²) in [6, 6.07) is 7.65. The van der Waals surface area contributed by atoms with Crippen LogP contribution in [0.1, 0.15) is 36.0 Å². The van der Waals surface area contributed by atoms with Crippen LogP contribution >= 0.6 is 0 Å². The lowest BCUT2D eigenvalue weighted by Crippen LogP contribution is -2.45. The Labute approximate surface area is 130 Å². The maximum atomic E-state index is 12.5. The van der Waals surface area contributed by atoms with Crippen LogP contribution in [-0.2, 0) is 4.74 Å². The zero-order chi connectivity index (χ0) is 15.4. The molecule has 0 radical (unpaired) electrons. The third-order valence-electron chi connectivity index (χ3n) is 4.23. The van der Waals surface area contributed by atoms with Crippen molar-refractivity contribution in [3.05, 3.63) is 48.5 Å². The van der Waals surface area contributed by atoms with Gasteiger partial charge in [0.2, 0.25) is 0 Å². The fourth-order valence-electron chi connectivity index (χ4n) is 3.02. The van der Waals surface area contributed by atoms with Gasteiger partial charge in [-0.2, -0.15) is 0 Å². The summed E-state index contributed by atoms with van der Waals surface area (Å²) in [5.41, 5.74) is 1.59. The van der Waals surface area contributed by atoms with Crippen molar-refractivity contribution in [2.45, 2.75) is 37.8 Å². The summed E-state index contributed by atoms with van der Waals surface area (Å²) in [6.45, 7) is 0. The Morgan fingerprint density at radius 2 is 2.23 bits per heavy atom. The summed E-state index contributed by atoms with van der Waals surface area (Å²) in [5.74, 6) is -0.0454. The molecule has 2 aromatic rings. The molecule has 1 saturated carbocycles. The molecule has 0 aliphatic heterocycles. The highest BCUT2D eigenvalue weighted by atomic mass is 16.5. The normalized spacial score (nSPS) is 21.5. The van der Waals surface area contributed by atoms with Crippen LogP contribution in [0.3, 0.4) is 0 Å². The molecular formula is C17H21N3O2. The van der Waals surface area contributed by atoms with Gasteiger partial charge in [-0.05, 0) is 31.0 Å². The average Bonchev–Trinajstić information content (AvgIpc) is 3.10. The van der Waals surface area contributed by atoms with E-state index < -0.39 is 0 Å². The van der Waals surface area contributed by atoms with Crippen molar-refractivity contribution in [2.75, 3.05) is 7.11 Å². The second-order valence-corrected chi connectivity index (χ2v) is 5.66. The van der Waals surface area contributed by atoms with Crippen LogP contribution in [-0.4, -0.2) is 34.7 Å². The molecule has 1 aromatic carbocycles.